The summed E-state index contributed by atoms with van der Waals surface area (Å²) in [4.78, 5) is 24.1. The van der Waals surface area contributed by atoms with Gasteiger partial charge in [-0.25, -0.2) is 4.99 Å². The van der Waals surface area contributed by atoms with Crippen LogP contribution in [-0.4, -0.2) is 29.1 Å². The lowest BCUT2D eigenvalue weighted by molar-refractivity contribution is -0.122. The molecule has 1 saturated heterocycles. The summed E-state index contributed by atoms with van der Waals surface area (Å²) in [7, 11) is 0. The average Bonchev–Trinajstić information content (AvgIpc) is 3.23. The van der Waals surface area contributed by atoms with Gasteiger partial charge in [0.1, 0.15) is 9.93 Å². The number of para-hydroxylation sites is 1. The number of fused-ring (bicyclic) bond motifs is 1. The van der Waals surface area contributed by atoms with Gasteiger partial charge in [0.25, 0.3) is 5.91 Å². The Labute approximate surface area is 185 Å². The maximum absolute atomic E-state index is 13.4. The molecule has 0 aromatic heterocycles. The molecule has 0 atom stereocenters. The van der Waals surface area contributed by atoms with Crippen molar-refractivity contribution in [3.63, 3.8) is 0 Å². The smallest absolute Gasteiger partial charge is 0.269 e. The first-order valence-electron chi connectivity index (χ1n) is 9.75. The SMILES string of the molecule is CCCCN1C(=O)/C(=C2/Sc3ccccc3N2CC)SC1=Nc1cccc(Cl)c1. The molecule has 29 heavy (non-hydrogen) atoms. The van der Waals surface area contributed by atoms with Crippen molar-refractivity contribution in [1.29, 1.82) is 0 Å². The van der Waals surface area contributed by atoms with Gasteiger partial charge < -0.3 is 4.90 Å². The van der Waals surface area contributed by atoms with Crippen LogP contribution in [0.4, 0.5) is 11.4 Å². The first kappa shape index (κ1) is 20.4. The second-order valence-electron chi connectivity index (χ2n) is 6.73. The summed E-state index contributed by atoms with van der Waals surface area (Å²) in [5.41, 5.74) is 1.92. The van der Waals surface area contributed by atoms with Crippen LogP contribution in [0.25, 0.3) is 0 Å². The molecule has 2 heterocycles. The topological polar surface area (TPSA) is 35.9 Å². The van der Waals surface area contributed by atoms with Gasteiger partial charge in [-0.1, -0.05) is 54.9 Å². The lowest BCUT2D eigenvalue weighted by Gasteiger charge is -2.19. The second kappa shape index (κ2) is 8.86. The molecule has 4 rings (SSSR count). The van der Waals surface area contributed by atoms with Gasteiger partial charge in [-0.05, 0) is 55.4 Å². The van der Waals surface area contributed by atoms with Crippen LogP contribution in [0.3, 0.4) is 0 Å². The van der Waals surface area contributed by atoms with E-state index in [4.69, 9.17) is 16.6 Å². The van der Waals surface area contributed by atoms with Crippen molar-refractivity contribution in [2.24, 2.45) is 4.99 Å². The zero-order valence-corrected chi connectivity index (χ0v) is 18.8. The summed E-state index contributed by atoms with van der Waals surface area (Å²) in [5.74, 6) is 0.0398. The average molecular weight is 444 g/mol. The summed E-state index contributed by atoms with van der Waals surface area (Å²) >= 11 is 9.26. The quantitative estimate of drug-likeness (QED) is 0.494. The number of carbonyl (C=O) groups is 1. The first-order valence-corrected chi connectivity index (χ1v) is 11.8. The highest BCUT2D eigenvalue weighted by Gasteiger charge is 2.39. The van der Waals surface area contributed by atoms with Crippen molar-refractivity contribution in [1.82, 2.24) is 4.90 Å². The molecule has 0 radical (unpaired) electrons. The van der Waals surface area contributed by atoms with Crippen molar-refractivity contribution in [2.75, 3.05) is 18.0 Å². The van der Waals surface area contributed by atoms with E-state index in [9.17, 15) is 4.79 Å². The van der Waals surface area contributed by atoms with Crippen molar-refractivity contribution in [3.05, 3.63) is 63.5 Å². The molecule has 0 unspecified atom stereocenters. The van der Waals surface area contributed by atoms with Crippen LogP contribution in [0, 0.1) is 0 Å². The van der Waals surface area contributed by atoms with E-state index in [2.05, 4.69) is 30.9 Å². The van der Waals surface area contributed by atoms with Crippen LogP contribution in [0.2, 0.25) is 5.02 Å². The fraction of sp³-hybridized carbons (Fsp3) is 0.273. The molecule has 2 aromatic carbocycles. The molecule has 0 spiro atoms. The van der Waals surface area contributed by atoms with Crippen LogP contribution in [0.5, 0.6) is 0 Å². The Bertz CT molecular complexity index is 1010. The van der Waals surface area contributed by atoms with Gasteiger partial charge in [0.2, 0.25) is 0 Å². The zero-order chi connectivity index (χ0) is 20.4. The number of nitrogens with zero attached hydrogens (tertiary/aromatic N) is 3. The predicted molar refractivity (Wildman–Crippen MR) is 125 cm³/mol. The number of thioether (sulfide) groups is 2. The second-order valence-corrected chi connectivity index (χ2v) is 9.18. The lowest BCUT2D eigenvalue weighted by atomic mass is 10.3. The van der Waals surface area contributed by atoms with Crippen molar-refractivity contribution >= 4 is 57.6 Å². The number of unbranched alkanes of at least 4 members (excludes halogenated alkanes) is 1. The van der Waals surface area contributed by atoms with Crippen LogP contribution in [0.1, 0.15) is 26.7 Å². The van der Waals surface area contributed by atoms with Gasteiger partial charge >= 0.3 is 0 Å². The lowest BCUT2D eigenvalue weighted by Crippen LogP contribution is -2.30. The molecule has 1 amide bonds. The Morgan fingerprint density at radius 3 is 2.62 bits per heavy atom. The van der Waals surface area contributed by atoms with Crippen molar-refractivity contribution in [2.45, 2.75) is 31.6 Å². The van der Waals surface area contributed by atoms with E-state index in [1.54, 1.807) is 11.8 Å². The Kier molecular flexibility index (Phi) is 6.23. The van der Waals surface area contributed by atoms with Gasteiger partial charge in [0, 0.05) is 23.0 Å². The molecule has 1 fully saturated rings. The molecule has 7 heteroatoms. The minimum absolute atomic E-state index is 0.0398. The number of anilines is 1. The van der Waals surface area contributed by atoms with E-state index in [1.165, 1.54) is 16.7 Å². The predicted octanol–water partition coefficient (Wildman–Crippen LogP) is 6.50. The minimum Gasteiger partial charge on any atom is -0.334 e. The highest BCUT2D eigenvalue weighted by Crippen LogP contribution is 2.50. The largest absolute Gasteiger partial charge is 0.334 e. The zero-order valence-electron chi connectivity index (χ0n) is 16.4. The molecular formula is C22H22ClN3OS2. The van der Waals surface area contributed by atoms with Crippen LogP contribution in [0.15, 0.2) is 68.4 Å². The Hall–Kier alpha value is -1.89. The third-order valence-corrected chi connectivity index (χ3v) is 7.36. The molecule has 0 saturated carbocycles. The van der Waals surface area contributed by atoms with E-state index in [0.29, 0.717) is 11.6 Å². The van der Waals surface area contributed by atoms with E-state index >= 15 is 0 Å². The number of hydrogen-bond donors (Lipinski definition) is 0. The van der Waals surface area contributed by atoms with Crippen molar-refractivity contribution in [3.8, 4) is 0 Å². The number of aliphatic imine (C=N–C) groups is 1. The van der Waals surface area contributed by atoms with E-state index < -0.39 is 0 Å². The third kappa shape index (κ3) is 4.06. The molecule has 2 aromatic rings. The molecule has 2 aliphatic rings. The molecule has 2 aliphatic heterocycles. The van der Waals surface area contributed by atoms with E-state index in [1.807, 2.05) is 41.3 Å². The van der Waals surface area contributed by atoms with Crippen molar-refractivity contribution < 1.29 is 4.79 Å². The van der Waals surface area contributed by atoms with Gasteiger partial charge in [0.15, 0.2) is 5.17 Å². The Morgan fingerprint density at radius 1 is 1.03 bits per heavy atom. The maximum Gasteiger partial charge on any atom is 0.269 e. The highest BCUT2D eigenvalue weighted by atomic mass is 35.5. The van der Waals surface area contributed by atoms with E-state index in [-0.39, 0.29) is 5.91 Å². The van der Waals surface area contributed by atoms with Gasteiger partial charge in [-0.3, -0.25) is 9.69 Å². The maximum atomic E-state index is 13.4. The summed E-state index contributed by atoms with van der Waals surface area (Å²) < 4.78 is 0. The normalized spacial score (nSPS) is 20.1. The van der Waals surface area contributed by atoms with Gasteiger partial charge in [-0.2, -0.15) is 0 Å². The van der Waals surface area contributed by atoms with Crippen LogP contribution < -0.4 is 4.90 Å². The standard InChI is InChI=1S/C22H22ClN3OS2/c1-3-5-13-26-20(27)19(29-22(26)24-16-10-8-9-15(23)14-16)21-25(4-2)17-11-6-7-12-18(17)28-21/h6-12,14H,3-5,13H2,1-2H3/b21-19-,24-22?. The summed E-state index contributed by atoms with van der Waals surface area (Å²) in [6.45, 7) is 5.72. The Morgan fingerprint density at radius 2 is 1.86 bits per heavy atom. The minimum atomic E-state index is 0.0398. The fourth-order valence-corrected chi connectivity index (χ4v) is 5.91. The number of benzene rings is 2. The Balaban J connectivity index is 1.74. The molecular weight excluding hydrogens is 422 g/mol. The number of amides is 1. The number of carbonyl (C=O) groups excluding carboxylic acids is 1. The van der Waals surface area contributed by atoms with Crippen LogP contribution >= 0.6 is 35.1 Å². The van der Waals surface area contributed by atoms with Gasteiger partial charge in [-0.15, -0.1) is 0 Å². The molecule has 4 nitrogen and oxygen atoms in total. The fourth-order valence-electron chi connectivity index (χ4n) is 3.31. The van der Waals surface area contributed by atoms with Gasteiger partial charge in [0.05, 0.1) is 11.4 Å². The summed E-state index contributed by atoms with van der Waals surface area (Å²) in [5, 5.41) is 2.36. The monoisotopic (exact) mass is 443 g/mol. The molecule has 0 N–H and O–H groups in total. The highest BCUT2D eigenvalue weighted by molar-refractivity contribution is 8.19. The molecule has 0 aliphatic carbocycles. The third-order valence-electron chi connectivity index (χ3n) is 4.75. The molecule has 150 valence electrons. The number of rotatable bonds is 5. The summed E-state index contributed by atoms with van der Waals surface area (Å²) in [6.07, 6.45) is 1.96. The van der Waals surface area contributed by atoms with E-state index in [0.717, 1.165) is 45.9 Å². The first-order chi connectivity index (χ1) is 14.1. The number of hydrogen-bond acceptors (Lipinski definition) is 5. The number of amidine groups is 1. The molecule has 0 bridgehead atoms. The number of halogens is 1. The summed E-state index contributed by atoms with van der Waals surface area (Å²) in [6, 6.07) is 15.7. The van der Waals surface area contributed by atoms with Crippen LogP contribution in [-0.2, 0) is 4.79 Å².